The number of ether oxygens (including phenoxy) is 1. The van der Waals surface area contributed by atoms with Gasteiger partial charge >= 0.3 is 17.9 Å². The standard InChI is InChI=1S/C41H64F2O5/c1-25(2)26-13-19-41(20-15-30(44)40(10,42)43)22-21-38(8)27(34(26)41)11-12-29-37(7)17-16-31(36(5,6)28(37)14-18-39(29,38)9)48-33(47)24-35(3,4)23-32(45)46/h26-29,31,34H,1,11-24H2,2-10H3,(H,45,46)/t26-,27+,28-,29+,31-,34+,37-,38+,39+,41-/m0/s1. The lowest BCUT2D eigenvalue weighted by Crippen LogP contribution is -2.66. The van der Waals surface area contributed by atoms with Crippen LogP contribution in [-0.2, 0) is 19.1 Å². The summed E-state index contributed by atoms with van der Waals surface area (Å²) in [7, 11) is 0. The zero-order chi connectivity index (χ0) is 35.9. The topological polar surface area (TPSA) is 80.7 Å². The van der Waals surface area contributed by atoms with Gasteiger partial charge in [-0.25, -0.2) is 0 Å². The molecule has 0 aromatic rings. The van der Waals surface area contributed by atoms with Crippen molar-refractivity contribution in [3.05, 3.63) is 12.2 Å². The fourth-order valence-corrected chi connectivity index (χ4v) is 13.5. The molecule has 0 aromatic heterocycles. The first-order valence-electron chi connectivity index (χ1n) is 18.9. The number of ketones is 1. The van der Waals surface area contributed by atoms with Gasteiger partial charge in [0.2, 0.25) is 5.78 Å². The molecule has 5 aliphatic rings. The zero-order valence-electron chi connectivity index (χ0n) is 31.4. The second-order valence-electron chi connectivity index (χ2n) is 19.6. The van der Waals surface area contributed by atoms with Crippen molar-refractivity contribution in [1.82, 2.24) is 0 Å². The molecular weight excluding hydrogens is 610 g/mol. The van der Waals surface area contributed by atoms with Crippen molar-refractivity contribution in [1.29, 1.82) is 0 Å². The number of hydrogen-bond donors (Lipinski definition) is 1. The van der Waals surface area contributed by atoms with Crippen LogP contribution >= 0.6 is 0 Å². The third-order valence-electron chi connectivity index (χ3n) is 16.0. The van der Waals surface area contributed by atoms with Crippen molar-refractivity contribution in [3.63, 3.8) is 0 Å². The molecule has 0 radical (unpaired) electrons. The second-order valence-corrected chi connectivity index (χ2v) is 19.6. The van der Waals surface area contributed by atoms with Crippen molar-refractivity contribution < 1.29 is 33.0 Å². The van der Waals surface area contributed by atoms with E-state index in [1.54, 1.807) is 0 Å². The van der Waals surface area contributed by atoms with E-state index in [2.05, 4.69) is 48.1 Å². The number of fused-ring (bicyclic) bond motifs is 7. The third-order valence-corrected chi connectivity index (χ3v) is 16.0. The number of carboxylic acids is 1. The fourth-order valence-electron chi connectivity index (χ4n) is 13.5. The Morgan fingerprint density at radius 1 is 0.833 bits per heavy atom. The van der Waals surface area contributed by atoms with E-state index in [0.717, 1.165) is 71.1 Å². The van der Waals surface area contributed by atoms with E-state index in [4.69, 9.17) is 4.74 Å². The molecule has 1 N–H and O–H groups in total. The highest BCUT2D eigenvalue weighted by Gasteiger charge is 2.71. The van der Waals surface area contributed by atoms with Gasteiger partial charge in [0.1, 0.15) is 6.10 Å². The number of carbonyl (C=O) groups excluding carboxylic acids is 2. The minimum Gasteiger partial charge on any atom is -0.481 e. The van der Waals surface area contributed by atoms with E-state index in [0.29, 0.717) is 36.0 Å². The molecule has 0 amide bonds. The van der Waals surface area contributed by atoms with E-state index >= 15 is 0 Å². The number of Topliss-reactive ketones (excluding diaryl/α,β-unsaturated/α-hetero) is 1. The van der Waals surface area contributed by atoms with Gasteiger partial charge in [-0.15, -0.1) is 0 Å². The molecule has 5 nitrogen and oxygen atoms in total. The number of allylic oxidation sites excluding steroid dienone is 1. The Labute approximate surface area is 288 Å². The van der Waals surface area contributed by atoms with Crippen LogP contribution in [0.25, 0.3) is 0 Å². The zero-order valence-corrected chi connectivity index (χ0v) is 31.4. The Morgan fingerprint density at radius 2 is 1.50 bits per heavy atom. The molecule has 5 fully saturated rings. The van der Waals surface area contributed by atoms with E-state index in [1.165, 1.54) is 5.57 Å². The Hall–Kier alpha value is -1.79. The lowest BCUT2D eigenvalue weighted by atomic mass is 9.32. The van der Waals surface area contributed by atoms with Crippen LogP contribution < -0.4 is 0 Å². The summed E-state index contributed by atoms with van der Waals surface area (Å²) in [6.45, 7) is 23.2. The van der Waals surface area contributed by atoms with Gasteiger partial charge in [0.15, 0.2) is 0 Å². The van der Waals surface area contributed by atoms with Gasteiger partial charge in [-0.05, 0) is 134 Å². The van der Waals surface area contributed by atoms with Crippen LogP contribution in [0.2, 0.25) is 0 Å². The van der Waals surface area contributed by atoms with Crippen molar-refractivity contribution in [2.75, 3.05) is 0 Å². The summed E-state index contributed by atoms with van der Waals surface area (Å²) in [5, 5.41) is 9.30. The highest BCUT2D eigenvalue weighted by atomic mass is 19.3. The van der Waals surface area contributed by atoms with E-state index in [1.807, 2.05) is 13.8 Å². The predicted octanol–water partition coefficient (Wildman–Crippen LogP) is 10.5. The number of aliphatic carboxylic acids is 1. The average Bonchev–Trinajstić information content (AvgIpc) is 3.32. The largest absolute Gasteiger partial charge is 0.481 e. The summed E-state index contributed by atoms with van der Waals surface area (Å²) in [5.74, 6) is -3.22. The number of esters is 1. The van der Waals surface area contributed by atoms with Gasteiger partial charge in [0.25, 0.3) is 0 Å². The Kier molecular flexibility index (Phi) is 9.50. The van der Waals surface area contributed by atoms with Crippen LogP contribution in [0, 0.1) is 62.1 Å². The first-order valence-corrected chi connectivity index (χ1v) is 18.9. The van der Waals surface area contributed by atoms with Crippen molar-refractivity contribution in [3.8, 4) is 0 Å². The van der Waals surface area contributed by atoms with Crippen molar-refractivity contribution in [2.24, 2.45) is 62.1 Å². The number of alkyl halides is 2. The number of carboxylic acid groups (broad SMARTS) is 1. The van der Waals surface area contributed by atoms with E-state index < -0.39 is 23.1 Å². The number of carbonyl (C=O) groups is 3. The van der Waals surface area contributed by atoms with Gasteiger partial charge in [0.05, 0.1) is 12.8 Å². The average molecular weight is 675 g/mol. The summed E-state index contributed by atoms with van der Waals surface area (Å²) in [5.41, 5.74) is 0.621. The Morgan fingerprint density at radius 3 is 2.10 bits per heavy atom. The summed E-state index contributed by atoms with van der Waals surface area (Å²) in [6, 6.07) is 0. The number of rotatable bonds is 10. The molecule has 0 spiro atoms. The van der Waals surface area contributed by atoms with Crippen LogP contribution in [0.5, 0.6) is 0 Å². The van der Waals surface area contributed by atoms with Crippen molar-refractivity contribution in [2.45, 2.75) is 164 Å². The molecule has 5 aliphatic carbocycles. The smallest absolute Gasteiger partial charge is 0.306 e. The molecule has 10 atom stereocenters. The van der Waals surface area contributed by atoms with Gasteiger partial charge in [-0.3, -0.25) is 14.4 Å². The Balaban J connectivity index is 1.39. The monoisotopic (exact) mass is 674 g/mol. The maximum atomic E-state index is 14.0. The van der Waals surface area contributed by atoms with Gasteiger partial charge in [0, 0.05) is 18.8 Å². The third kappa shape index (κ3) is 6.01. The molecular formula is C41H64F2O5. The maximum Gasteiger partial charge on any atom is 0.306 e. The molecule has 5 rings (SSSR count). The number of hydrogen-bond acceptors (Lipinski definition) is 4. The normalized spacial score (nSPS) is 42.1. The predicted molar refractivity (Wildman–Crippen MR) is 184 cm³/mol. The lowest BCUT2D eigenvalue weighted by Gasteiger charge is -2.73. The summed E-state index contributed by atoms with van der Waals surface area (Å²) in [6.07, 6.45) is 10.8. The maximum absolute atomic E-state index is 14.0. The molecule has 7 heteroatoms. The summed E-state index contributed by atoms with van der Waals surface area (Å²) < 4.78 is 34.2. The molecule has 272 valence electrons. The molecule has 48 heavy (non-hydrogen) atoms. The second kappa shape index (κ2) is 12.2. The quantitative estimate of drug-likeness (QED) is 0.184. The first kappa shape index (κ1) is 37.5. The molecule has 0 heterocycles. The van der Waals surface area contributed by atoms with Crippen LogP contribution in [0.3, 0.4) is 0 Å². The van der Waals surface area contributed by atoms with Crippen molar-refractivity contribution >= 4 is 17.7 Å². The molecule has 0 saturated heterocycles. The highest BCUT2D eigenvalue weighted by Crippen LogP contribution is 2.78. The van der Waals surface area contributed by atoms with Crippen LogP contribution in [-0.4, -0.2) is 34.9 Å². The first-order chi connectivity index (χ1) is 21.9. The van der Waals surface area contributed by atoms with Crippen LogP contribution in [0.4, 0.5) is 8.78 Å². The van der Waals surface area contributed by atoms with Gasteiger partial charge in [-0.2, -0.15) is 8.78 Å². The SMILES string of the molecule is C=C(C)[C@@H]1CC[C@]2(CCC(=O)C(C)(F)F)CC[C@]3(C)[C@H](CC[C@@H]4[C@@]5(C)CC[C@H](OC(=O)CC(C)(C)CC(=O)O)C(C)(C)[C@@H]5CC[C@]43C)[C@@H]12. The minimum absolute atomic E-state index is 0.0378. The van der Waals surface area contributed by atoms with Gasteiger partial charge in [-0.1, -0.05) is 60.6 Å². The van der Waals surface area contributed by atoms with E-state index in [9.17, 15) is 28.3 Å². The lowest BCUT2D eigenvalue weighted by molar-refractivity contribution is -0.250. The fraction of sp³-hybridized carbons (Fsp3) is 0.878. The number of halogens is 2. The van der Waals surface area contributed by atoms with Gasteiger partial charge < -0.3 is 9.84 Å². The minimum atomic E-state index is -3.27. The van der Waals surface area contributed by atoms with Crippen LogP contribution in [0.15, 0.2) is 12.2 Å². The molecule has 5 saturated carbocycles. The molecule has 0 unspecified atom stereocenters. The molecule has 0 aromatic carbocycles. The highest BCUT2D eigenvalue weighted by molar-refractivity contribution is 5.85. The summed E-state index contributed by atoms with van der Waals surface area (Å²) >= 11 is 0. The molecule has 0 aliphatic heterocycles. The van der Waals surface area contributed by atoms with E-state index in [-0.39, 0.29) is 58.4 Å². The Bertz CT molecular complexity index is 1310. The molecule has 0 bridgehead atoms. The summed E-state index contributed by atoms with van der Waals surface area (Å²) in [4.78, 5) is 37.0. The van der Waals surface area contributed by atoms with Crippen LogP contribution in [0.1, 0.15) is 152 Å².